The number of rotatable bonds is 4. The second kappa shape index (κ2) is 8.74. The third-order valence-corrected chi connectivity index (χ3v) is 6.25. The third kappa shape index (κ3) is 4.48. The first kappa shape index (κ1) is 19.6. The molecule has 5 nitrogen and oxygen atoms in total. The molecular formula is C23H26N4OS. The molecule has 1 saturated heterocycles. The molecule has 29 heavy (non-hydrogen) atoms. The van der Waals surface area contributed by atoms with E-state index in [0.29, 0.717) is 18.0 Å². The fourth-order valence-corrected chi connectivity index (χ4v) is 4.46. The first-order valence-corrected chi connectivity index (χ1v) is 11.0. The zero-order valence-electron chi connectivity index (χ0n) is 16.9. The van der Waals surface area contributed by atoms with Crippen LogP contribution in [0.4, 0.5) is 5.13 Å². The van der Waals surface area contributed by atoms with Crippen LogP contribution in [0.1, 0.15) is 42.1 Å². The monoisotopic (exact) mass is 406 g/mol. The average Bonchev–Trinajstić information content (AvgIpc) is 3.12. The van der Waals surface area contributed by atoms with E-state index >= 15 is 0 Å². The topological polar surface area (TPSA) is 49.3 Å². The van der Waals surface area contributed by atoms with E-state index in [9.17, 15) is 4.79 Å². The minimum atomic E-state index is 0.0827. The standard InChI is InChI=1S/C23H26N4OS/c1-17(2)18-4-6-19(7-5-18)21-16-29-23(25-21)27-13-3-12-26(14-15-27)22(28)20-8-10-24-11-9-20/h4-11,16-17H,3,12-15H2,1-2H3. The molecule has 1 aliphatic heterocycles. The molecule has 0 bridgehead atoms. The molecule has 1 amide bonds. The van der Waals surface area contributed by atoms with Gasteiger partial charge in [-0.15, -0.1) is 11.3 Å². The van der Waals surface area contributed by atoms with Crippen molar-refractivity contribution < 1.29 is 4.79 Å². The molecule has 0 N–H and O–H groups in total. The lowest BCUT2D eigenvalue weighted by Gasteiger charge is -2.21. The van der Waals surface area contributed by atoms with E-state index in [2.05, 4.69) is 53.4 Å². The van der Waals surface area contributed by atoms with Crippen LogP contribution in [0.3, 0.4) is 0 Å². The largest absolute Gasteiger partial charge is 0.346 e. The number of amides is 1. The highest BCUT2D eigenvalue weighted by molar-refractivity contribution is 7.14. The summed E-state index contributed by atoms with van der Waals surface area (Å²) in [7, 11) is 0. The molecule has 150 valence electrons. The van der Waals surface area contributed by atoms with Crippen LogP contribution in [0.5, 0.6) is 0 Å². The van der Waals surface area contributed by atoms with E-state index in [-0.39, 0.29) is 5.91 Å². The summed E-state index contributed by atoms with van der Waals surface area (Å²) in [6, 6.07) is 12.3. The second-order valence-electron chi connectivity index (χ2n) is 7.66. The maximum absolute atomic E-state index is 12.7. The van der Waals surface area contributed by atoms with Crippen molar-refractivity contribution in [2.75, 3.05) is 31.1 Å². The zero-order valence-corrected chi connectivity index (χ0v) is 17.7. The van der Waals surface area contributed by atoms with E-state index in [1.807, 2.05) is 4.90 Å². The van der Waals surface area contributed by atoms with Crippen LogP contribution in [-0.4, -0.2) is 47.0 Å². The van der Waals surface area contributed by atoms with Crippen LogP contribution in [0, 0.1) is 0 Å². The molecule has 1 aliphatic rings. The van der Waals surface area contributed by atoms with Gasteiger partial charge in [-0.3, -0.25) is 9.78 Å². The highest BCUT2D eigenvalue weighted by Gasteiger charge is 2.22. The van der Waals surface area contributed by atoms with E-state index in [0.717, 1.165) is 42.4 Å². The summed E-state index contributed by atoms with van der Waals surface area (Å²) in [5.74, 6) is 0.615. The summed E-state index contributed by atoms with van der Waals surface area (Å²) in [5.41, 5.74) is 4.22. The second-order valence-corrected chi connectivity index (χ2v) is 8.50. The van der Waals surface area contributed by atoms with Crippen molar-refractivity contribution in [2.24, 2.45) is 0 Å². The van der Waals surface area contributed by atoms with Crippen molar-refractivity contribution in [3.05, 3.63) is 65.3 Å². The number of hydrogen-bond acceptors (Lipinski definition) is 5. The number of carbonyl (C=O) groups is 1. The number of carbonyl (C=O) groups excluding carboxylic acids is 1. The Balaban J connectivity index is 1.43. The molecule has 4 rings (SSSR count). The Morgan fingerprint density at radius 1 is 1.00 bits per heavy atom. The molecule has 3 aromatic rings. The van der Waals surface area contributed by atoms with Crippen LogP contribution < -0.4 is 4.90 Å². The van der Waals surface area contributed by atoms with Gasteiger partial charge in [0.2, 0.25) is 0 Å². The lowest BCUT2D eigenvalue weighted by molar-refractivity contribution is 0.0767. The van der Waals surface area contributed by atoms with E-state index in [1.54, 1.807) is 35.9 Å². The lowest BCUT2D eigenvalue weighted by Crippen LogP contribution is -2.35. The number of benzene rings is 1. The van der Waals surface area contributed by atoms with Crippen LogP contribution in [0.25, 0.3) is 11.3 Å². The van der Waals surface area contributed by atoms with Crippen molar-refractivity contribution in [1.29, 1.82) is 0 Å². The number of hydrogen-bond donors (Lipinski definition) is 0. The Morgan fingerprint density at radius 2 is 1.76 bits per heavy atom. The fraction of sp³-hybridized carbons (Fsp3) is 0.348. The summed E-state index contributed by atoms with van der Waals surface area (Å²) in [6.07, 6.45) is 4.28. The molecule has 3 heterocycles. The van der Waals surface area contributed by atoms with Gasteiger partial charge in [0.25, 0.3) is 5.91 Å². The van der Waals surface area contributed by atoms with Crippen molar-refractivity contribution in [3.63, 3.8) is 0 Å². The van der Waals surface area contributed by atoms with Gasteiger partial charge in [-0.2, -0.15) is 0 Å². The molecular weight excluding hydrogens is 380 g/mol. The predicted molar refractivity (Wildman–Crippen MR) is 119 cm³/mol. The van der Waals surface area contributed by atoms with Gasteiger partial charge in [0.1, 0.15) is 0 Å². The molecule has 1 aromatic carbocycles. The highest BCUT2D eigenvalue weighted by atomic mass is 32.1. The van der Waals surface area contributed by atoms with Crippen LogP contribution in [-0.2, 0) is 0 Å². The van der Waals surface area contributed by atoms with Gasteiger partial charge >= 0.3 is 0 Å². The maximum Gasteiger partial charge on any atom is 0.254 e. The minimum Gasteiger partial charge on any atom is -0.346 e. The molecule has 2 aromatic heterocycles. The summed E-state index contributed by atoms with van der Waals surface area (Å²) in [6.45, 7) is 7.61. The van der Waals surface area contributed by atoms with Gasteiger partial charge in [0.05, 0.1) is 5.69 Å². The van der Waals surface area contributed by atoms with Gasteiger partial charge in [-0.1, -0.05) is 38.1 Å². The number of pyridine rings is 1. The average molecular weight is 407 g/mol. The zero-order chi connectivity index (χ0) is 20.2. The lowest BCUT2D eigenvalue weighted by atomic mass is 10.0. The number of aromatic nitrogens is 2. The Hall–Kier alpha value is -2.73. The molecule has 0 aliphatic carbocycles. The van der Waals surface area contributed by atoms with Crippen molar-refractivity contribution >= 4 is 22.4 Å². The highest BCUT2D eigenvalue weighted by Crippen LogP contribution is 2.29. The van der Waals surface area contributed by atoms with Gasteiger partial charge in [0.15, 0.2) is 5.13 Å². The van der Waals surface area contributed by atoms with Gasteiger partial charge in [-0.05, 0) is 30.0 Å². The van der Waals surface area contributed by atoms with Crippen molar-refractivity contribution in [1.82, 2.24) is 14.9 Å². The Labute approximate surface area is 176 Å². The smallest absolute Gasteiger partial charge is 0.254 e. The van der Waals surface area contributed by atoms with Crippen molar-refractivity contribution in [2.45, 2.75) is 26.2 Å². The quantitative estimate of drug-likeness (QED) is 0.631. The summed E-state index contributed by atoms with van der Waals surface area (Å²) < 4.78 is 0. The van der Waals surface area contributed by atoms with Crippen LogP contribution in [0.15, 0.2) is 54.2 Å². The first-order chi connectivity index (χ1) is 14.1. The van der Waals surface area contributed by atoms with Gasteiger partial charge < -0.3 is 9.80 Å². The number of anilines is 1. The Morgan fingerprint density at radius 3 is 2.48 bits per heavy atom. The van der Waals surface area contributed by atoms with Crippen LogP contribution >= 0.6 is 11.3 Å². The Kier molecular flexibility index (Phi) is 5.90. The fourth-order valence-electron chi connectivity index (χ4n) is 3.57. The third-order valence-electron chi connectivity index (χ3n) is 5.35. The molecule has 0 atom stereocenters. The number of thiazole rings is 1. The molecule has 6 heteroatoms. The Bertz CT molecular complexity index is 953. The van der Waals surface area contributed by atoms with E-state index in [1.165, 1.54) is 5.56 Å². The number of nitrogens with zero attached hydrogens (tertiary/aromatic N) is 4. The van der Waals surface area contributed by atoms with Gasteiger partial charge in [0, 0.05) is 55.1 Å². The predicted octanol–water partition coefficient (Wildman–Crippen LogP) is 4.68. The molecule has 1 fully saturated rings. The van der Waals surface area contributed by atoms with E-state index < -0.39 is 0 Å². The van der Waals surface area contributed by atoms with Crippen LogP contribution in [0.2, 0.25) is 0 Å². The van der Waals surface area contributed by atoms with E-state index in [4.69, 9.17) is 4.98 Å². The first-order valence-electron chi connectivity index (χ1n) is 10.1. The normalized spacial score (nSPS) is 14.9. The van der Waals surface area contributed by atoms with Gasteiger partial charge in [-0.25, -0.2) is 4.98 Å². The van der Waals surface area contributed by atoms with Crippen molar-refractivity contribution in [3.8, 4) is 11.3 Å². The molecule has 0 unspecified atom stereocenters. The maximum atomic E-state index is 12.7. The molecule has 0 spiro atoms. The SMILES string of the molecule is CC(C)c1ccc(-c2csc(N3CCCN(C(=O)c4ccncc4)CC3)n2)cc1. The minimum absolute atomic E-state index is 0.0827. The molecule has 0 radical (unpaired) electrons. The summed E-state index contributed by atoms with van der Waals surface area (Å²) >= 11 is 1.68. The summed E-state index contributed by atoms with van der Waals surface area (Å²) in [4.78, 5) is 25.8. The summed E-state index contributed by atoms with van der Waals surface area (Å²) in [5, 5.41) is 3.16. The molecule has 0 saturated carbocycles.